The Hall–Kier alpha value is -2.54. The Labute approximate surface area is 188 Å². The van der Waals surface area contributed by atoms with Gasteiger partial charge in [-0.25, -0.2) is 0 Å². The molecule has 0 saturated carbocycles. The summed E-state index contributed by atoms with van der Waals surface area (Å²) in [6.45, 7) is 1.88. The zero-order valence-electron chi connectivity index (χ0n) is 17.9. The van der Waals surface area contributed by atoms with E-state index in [1.165, 1.54) is 0 Å². The van der Waals surface area contributed by atoms with Crippen molar-refractivity contribution in [1.82, 2.24) is 0 Å². The van der Waals surface area contributed by atoms with Gasteiger partial charge in [-0.2, -0.15) is 0 Å². The van der Waals surface area contributed by atoms with Gasteiger partial charge in [0.2, 0.25) is 0 Å². The second-order valence-corrected chi connectivity index (χ2v) is 8.16. The van der Waals surface area contributed by atoms with Crippen LogP contribution in [-0.4, -0.2) is 37.3 Å². The third-order valence-electron chi connectivity index (χ3n) is 5.87. The smallest absolute Gasteiger partial charge is 0.187 e. The summed E-state index contributed by atoms with van der Waals surface area (Å²) in [6.07, 6.45) is -1.63. The van der Waals surface area contributed by atoms with Crippen LogP contribution in [0.5, 0.6) is 0 Å². The first-order valence-electron chi connectivity index (χ1n) is 11.1. The van der Waals surface area contributed by atoms with Gasteiger partial charge in [-0.15, -0.1) is 0 Å². The topological polar surface area (TPSA) is 46.2 Å². The Morgan fingerprint density at radius 3 is 1.50 bits per heavy atom. The molecular formula is C27H28O5. The number of benzene rings is 3. The fraction of sp³-hybridized carbons (Fsp3) is 0.333. The Kier molecular flexibility index (Phi) is 6.92. The Morgan fingerprint density at radius 2 is 1.00 bits per heavy atom. The summed E-state index contributed by atoms with van der Waals surface area (Å²) in [4.78, 5) is 0. The van der Waals surface area contributed by atoms with Gasteiger partial charge in [-0.05, 0) is 16.7 Å². The van der Waals surface area contributed by atoms with Crippen molar-refractivity contribution in [2.45, 2.75) is 50.5 Å². The minimum Gasteiger partial charge on any atom is -0.368 e. The number of fused-ring (bicyclic) bond motifs is 2. The second-order valence-electron chi connectivity index (χ2n) is 8.16. The Morgan fingerprint density at radius 1 is 0.562 bits per heavy atom. The van der Waals surface area contributed by atoms with E-state index in [0.717, 1.165) is 16.7 Å². The maximum atomic E-state index is 6.44. The predicted molar refractivity (Wildman–Crippen MR) is 120 cm³/mol. The van der Waals surface area contributed by atoms with Gasteiger partial charge in [0.1, 0.15) is 24.4 Å². The molecule has 166 valence electrons. The zero-order valence-corrected chi connectivity index (χ0v) is 17.9. The molecule has 0 spiro atoms. The van der Waals surface area contributed by atoms with E-state index in [9.17, 15) is 0 Å². The molecular weight excluding hydrogens is 404 g/mol. The first kappa shape index (κ1) is 21.3. The molecule has 3 aromatic carbocycles. The van der Waals surface area contributed by atoms with Crippen molar-refractivity contribution in [3.8, 4) is 0 Å². The van der Waals surface area contributed by atoms with Crippen molar-refractivity contribution < 1.29 is 23.7 Å². The first-order valence-corrected chi connectivity index (χ1v) is 11.1. The summed E-state index contributed by atoms with van der Waals surface area (Å²) in [6, 6.07) is 30.4. The van der Waals surface area contributed by atoms with E-state index in [-0.39, 0.29) is 18.3 Å². The third-order valence-corrected chi connectivity index (χ3v) is 5.87. The van der Waals surface area contributed by atoms with E-state index in [1.54, 1.807) is 0 Å². The maximum Gasteiger partial charge on any atom is 0.187 e. The lowest BCUT2D eigenvalue weighted by atomic mass is 10.00. The largest absolute Gasteiger partial charge is 0.368 e. The lowest BCUT2D eigenvalue weighted by Gasteiger charge is -2.40. The third kappa shape index (κ3) is 5.09. The van der Waals surface area contributed by atoms with Gasteiger partial charge in [-0.3, -0.25) is 0 Å². The van der Waals surface area contributed by atoms with Crippen LogP contribution in [0.15, 0.2) is 91.0 Å². The Balaban J connectivity index is 1.33. The first-order chi connectivity index (χ1) is 15.9. The van der Waals surface area contributed by atoms with Crippen molar-refractivity contribution in [3.05, 3.63) is 108 Å². The van der Waals surface area contributed by atoms with Crippen molar-refractivity contribution in [2.24, 2.45) is 0 Å². The average Bonchev–Trinajstić information content (AvgIpc) is 3.29. The molecule has 5 heteroatoms. The van der Waals surface area contributed by atoms with Crippen molar-refractivity contribution >= 4 is 0 Å². The molecule has 0 N–H and O–H groups in total. The van der Waals surface area contributed by atoms with Gasteiger partial charge in [0.25, 0.3) is 0 Å². The molecule has 3 unspecified atom stereocenters. The van der Waals surface area contributed by atoms with Crippen LogP contribution in [-0.2, 0) is 43.5 Å². The monoisotopic (exact) mass is 432 g/mol. The van der Waals surface area contributed by atoms with Crippen molar-refractivity contribution in [2.75, 3.05) is 6.61 Å². The fourth-order valence-corrected chi connectivity index (χ4v) is 4.20. The standard InChI is InChI=1S/C27H28O5/c1-4-10-20(11-5-1)16-28-24-23-19-31-27(32-23)26(30-18-22-14-8-3-9-15-22)25(24)29-17-21-12-6-2-7-13-21/h1-15,23-27H,16-19H2/t23?,24-,25?,26?,27-/m1/s1. The minimum absolute atomic E-state index is 0.180. The highest BCUT2D eigenvalue weighted by Gasteiger charge is 2.52. The molecule has 0 aromatic heterocycles. The molecule has 2 heterocycles. The zero-order chi connectivity index (χ0) is 21.6. The predicted octanol–water partition coefficient (Wildman–Crippen LogP) is 4.50. The molecule has 5 rings (SSSR count). The lowest BCUT2D eigenvalue weighted by Crippen LogP contribution is -2.56. The molecule has 2 bridgehead atoms. The van der Waals surface area contributed by atoms with Crippen LogP contribution < -0.4 is 0 Å². The average molecular weight is 433 g/mol. The van der Waals surface area contributed by atoms with Crippen molar-refractivity contribution in [1.29, 1.82) is 0 Å². The highest BCUT2D eigenvalue weighted by atomic mass is 16.8. The molecule has 2 saturated heterocycles. The van der Waals surface area contributed by atoms with E-state index < -0.39 is 12.4 Å². The van der Waals surface area contributed by atoms with Gasteiger partial charge >= 0.3 is 0 Å². The van der Waals surface area contributed by atoms with E-state index in [0.29, 0.717) is 26.4 Å². The minimum atomic E-state index is -0.457. The van der Waals surface area contributed by atoms with Crippen LogP contribution in [0.2, 0.25) is 0 Å². The number of hydrogen-bond donors (Lipinski definition) is 0. The SMILES string of the molecule is c1ccc(COC2C(OCc3ccccc3)[C@H](OCc3ccccc3)C3CO[C@@H]2O3)cc1. The highest BCUT2D eigenvalue weighted by molar-refractivity contribution is 5.15. The van der Waals surface area contributed by atoms with Crippen molar-refractivity contribution in [3.63, 3.8) is 0 Å². The highest BCUT2D eigenvalue weighted by Crippen LogP contribution is 2.35. The summed E-state index contributed by atoms with van der Waals surface area (Å²) in [5, 5.41) is 0. The quantitative estimate of drug-likeness (QED) is 0.498. The molecule has 2 aliphatic heterocycles. The number of rotatable bonds is 9. The van der Waals surface area contributed by atoms with Crippen LogP contribution in [0.4, 0.5) is 0 Å². The summed E-state index contributed by atoms with van der Waals surface area (Å²) < 4.78 is 31.2. The van der Waals surface area contributed by atoms with E-state index in [4.69, 9.17) is 23.7 Å². The van der Waals surface area contributed by atoms with Crippen LogP contribution in [0, 0.1) is 0 Å². The molecule has 3 aromatic rings. The fourth-order valence-electron chi connectivity index (χ4n) is 4.20. The van der Waals surface area contributed by atoms with Gasteiger partial charge in [-0.1, -0.05) is 91.0 Å². The van der Waals surface area contributed by atoms with Gasteiger partial charge in [0.05, 0.1) is 26.4 Å². The summed E-state index contributed by atoms with van der Waals surface area (Å²) in [7, 11) is 0. The van der Waals surface area contributed by atoms with E-state index in [1.807, 2.05) is 66.7 Å². The van der Waals surface area contributed by atoms with E-state index in [2.05, 4.69) is 24.3 Å². The summed E-state index contributed by atoms with van der Waals surface area (Å²) >= 11 is 0. The van der Waals surface area contributed by atoms with Crippen LogP contribution >= 0.6 is 0 Å². The van der Waals surface area contributed by atoms with Crippen LogP contribution in [0.1, 0.15) is 16.7 Å². The van der Waals surface area contributed by atoms with Crippen LogP contribution in [0.25, 0.3) is 0 Å². The normalized spacial score (nSPS) is 26.8. The van der Waals surface area contributed by atoms with Gasteiger partial charge in [0, 0.05) is 0 Å². The number of hydrogen-bond acceptors (Lipinski definition) is 5. The number of ether oxygens (including phenoxy) is 5. The second kappa shape index (κ2) is 10.4. The molecule has 0 amide bonds. The molecule has 0 radical (unpaired) electrons. The maximum absolute atomic E-state index is 6.44. The lowest BCUT2D eigenvalue weighted by molar-refractivity contribution is -0.268. The summed E-state index contributed by atoms with van der Waals surface area (Å²) in [5.41, 5.74) is 3.31. The van der Waals surface area contributed by atoms with Crippen LogP contribution in [0.3, 0.4) is 0 Å². The molecule has 0 aliphatic carbocycles. The Bertz CT molecular complexity index is 892. The molecule has 5 nitrogen and oxygen atoms in total. The molecule has 5 atom stereocenters. The van der Waals surface area contributed by atoms with E-state index >= 15 is 0 Å². The molecule has 2 aliphatic rings. The molecule has 2 fully saturated rings. The molecule has 32 heavy (non-hydrogen) atoms. The van der Waals surface area contributed by atoms with Gasteiger partial charge in [0.15, 0.2) is 6.29 Å². The van der Waals surface area contributed by atoms with Gasteiger partial charge < -0.3 is 23.7 Å². The summed E-state index contributed by atoms with van der Waals surface area (Å²) in [5.74, 6) is 0.